The first-order valence-electron chi connectivity index (χ1n) is 5.27. The maximum absolute atomic E-state index is 5.59. The van der Waals surface area contributed by atoms with Crippen molar-refractivity contribution < 1.29 is 0 Å². The van der Waals surface area contributed by atoms with Crippen LogP contribution in [0.25, 0.3) is 0 Å². The number of nitrogens with two attached hydrogens (primary N) is 2. The monoisotopic (exact) mass is 220 g/mol. The lowest BCUT2D eigenvalue weighted by atomic mass is 10.1. The SMILES string of the molecule is CC(CCC1=CC(N)(N)N=N1)n1ccnc1. The molecule has 0 saturated carbocycles. The molecule has 1 aromatic rings. The fraction of sp³-hybridized carbons (Fsp3) is 0.500. The molecule has 16 heavy (non-hydrogen) atoms. The van der Waals surface area contributed by atoms with Gasteiger partial charge < -0.3 is 4.57 Å². The van der Waals surface area contributed by atoms with E-state index in [0.717, 1.165) is 18.5 Å². The number of rotatable bonds is 4. The highest BCUT2D eigenvalue weighted by Crippen LogP contribution is 2.22. The minimum absolute atomic E-state index is 0.379. The molecule has 0 fully saturated rings. The topological polar surface area (TPSA) is 94.6 Å². The van der Waals surface area contributed by atoms with Gasteiger partial charge >= 0.3 is 0 Å². The second-order valence-corrected chi connectivity index (χ2v) is 4.12. The van der Waals surface area contributed by atoms with Gasteiger partial charge in [-0.25, -0.2) is 4.98 Å². The molecule has 6 heteroatoms. The van der Waals surface area contributed by atoms with Crippen LogP contribution in [0.15, 0.2) is 40.7 Å². The van der Waals surface area contributed by atoms with Gasteiger partial charge in [-0.15, -0.1) is 5.11 Å². The average Bonchev–Trinajstić information content (AvgIpc) is 2.83. The first-order valence-corrected chi connectivity index (χ1v) is 5.27. The van der Waals surface area contributed by atoms with Crippen LogP contribution in [0, 0.1) is 0 Å². The number of hydrogen-bond acceptors (Lipinski definition) is 5. The molecule has 1 aromatic heterocycles. The van der Waals surface area contributed by atoms with Gasteiger partial charge in [0.15, 0.2) is 0 Å². The summed E-state index contributed by atoms with van der Waals surface area (Å²) in [4.78, 5) is 4.01. The molecule has 0 aliphatic carbocycles. The van der Waals surface area contributed by atoms with Crippen molar-refractivity contribution in [1.82, 2.24) is 9.55 Å². The molecule has 0 bridgehead atoms. The fourth-order valence-electron chi connectivity index (χ4n) is 1.63. The summed E-state index contributed by atoms with van der Waals surface area (Å²) in [5.74, 6) is -1.10. The summed E-state index contributed by atoms with van der Waals surface area (Å²) in [5, 5.41) is 7.71. The Morgan fingerprint density at radius 1 is 1.50 bits per heavy atom. The Morgan fingerprint density at radius 2 is 2.31 bits per heavy atom. The lowest BCUT2D eigenvalue weighted by molar-refractivity contribution is 0.504. The van der Waals surface area contributed by atoms with Gasteiger partial charge in [-0.2, -0.15) is 5.11 Å². The van der Waals surface area contributed by atoms with Gasteiger partial charge in [0.05, 0.1) is 12.0 Å². The zero-order valence-corrected chi connectivity index (χ0v) is 9.24. The molecular formula is C10H16N6. The van der Waals surface area contributed by atoms with Gasteiger partial charge in [0.1, 0.15) is 0 Å². The van der Waals surface area contributed by atoms with Crippen LogP contribution in [0.4, 0.5) is 0 Å². The molecule has 86 valence electrons. The van der Waals surface area contributed by atoms with Crippen molar-refractivity contribution in [2.75, 3.05) is 0 Å². The average molecular weight is 220 g/mol. The maximum atomic E-state index is 5.59. The quantitative estimate of drug-likeness (QED) is 0.745. The molecule has 1 unspecified atom stereocenters. The van der Waals surface area contributed by atoms with Crippen molar-refractivity contribution in [3.8, 4) is 0 Å². The third-order valence-corrected chi connectivity index (χ3v) is 2.60. The van der Waals surface area contributed by atoms with E-state index in [0.29, 0.717) is 6.04 Å². The number of allylic oxidation sites excluding steroid dienone is 1. The number of imidazole rings is 1. The van der Waals surface area contributed by atoms with Crippen molar-refractivity contribution in [3.05, 3.63) is 30.5 Å². The molecular weight excluding hydrogens is 204 g/mol. The van der Waals surface area contributed by atoms with Crippen molar-refractivity contribution >= 4 is 0 Å². The number of azo groups is 1. The first-order chi connectivity index (χ1) is 7.57. The summed E-state index contributed by atoms with van der Waals surface area (Å²) in [7, 11) is 0. The van der Waals surface area contributed by atoms with E-state index >= 15 is 0 Å². The van der Waals surface area contributed by atoms with E-state index in [1.165, 1.54) is 0 Å². The largest absolute Gasteiger partial charge is 0.335 e. The maximum Gasteiger partial charge on any atom is 0.201 e. The number of hydrogen-bond donors (Lipinski definition) is 2. The van der Waals surface area contributed by atoms with Crippen LogP contribution in [-0.4, -0.2) is 15.3 Å². The molecule has 4 N–H and O–H groups in total. The highest BCUT2D eigenvalue weighted by molar-refractivity contribution is 5.13. The molecule has 0 aromatic carbocycles. The van der Waals surface area contributed by atoms with E-state index in [1.807, 2.05) is 12.5 Å². The van der Waals surface area contributed by atoms with Crippen LogP contribution in [0.5, 0.6) is 0 Å². The third kappa shape index (κ3) is 2.53. The van der Waals surface area contributed by atoms with Crippen molar-refractivity contribution in [2.45, 2.75) is 31.6 Å². The van der Waals surface area contributed by atoms with E-state index in [9.17, 15) is 0 Å². The first kappa shape index (κ1) is 11.0. The molecule has 0 radical (unpaired) electrons. The van der Waals surface area contributed by atoms with E-state index in [1.54, 1.807) is 12.3 Å². The summed E-state index contributed by atoms with van der Waals surface area (Å²) in [6, 6.07) is 0.379. The number of nitrogens with zero attached hydrogens (tertiary/aromatic N) is 4. The van der Waals surface area contributed by atoms with Gasteiger partial charge in [-0.05, 0) is 25.8 Å². The second kappa shape index (κ2) is 4.15. The third-order valence-electron chi connectivity index (χ3n) is 2.60. The van der Waals surface area contributed by atoms with Crippen LogP contribution in [0.1, 0.15) is 25.8 Å². The second-order valence-electron chi connectivity index (χ2n) is 4.12. The lowest BCUT2D eigenvalue weighted by Gasteiger charge is -2.12. The molecule has 0 spiro atoms. The Morgan fingerprint density at radius 3 is 2.88 bits per heavy atom. The van der Waals surface area contributed by atoms with Crippen LogP contribution in [0.2, 0.25) is 0 Å². The number of aromatic nitrogens is 2. The zero-order chi connectivity index (χ0) is 11.6. The van der Waals surface area contributed by atoms with Crippen LogP contribution in [0.3, 0.4) is 0 Å². The molecule has 1 atom stereocenters. The summed E-state index contributed by atoms with van der Waals surface area (Å²) >= 11 is 0. The summed E-state index contributed by atoms with van der Waals surface area (Å²) in [6.07, 6.45) is 9.01. The van der Waals surface area contributed by atoms with Gasteiger partial charge in [-0.3, -0.25) is 11.5 Å². The normalized spacial score (nSPS) is 19.8. The molecule has 2 heterocycles. The van der Waals surface area contributed by atoms with Crippen LogP contribution in [-0.2, 0) is 0 Å². The Labute approximate surface area is 94.1 Å². The van der Waals surface area contributed by atoms with Crippen LogP contribution >= 0.6 is 0 Å². The molecule has 1 aliphatic rings. The molecule has 2 rings (SSSR count). The van der Waals surface area contributed by atoms with Crippen molar-refractivity contribution in [2.24, 2.45) is 21.7 Å². The van der Waals surface area contributed by atoms with E-state index in [-0.39, 0.29) is 0 Å². The van der Waals surface area contributed by atoms with Gasteiger partial charge in [-0.1, -0.05) is 0 Å². The van der Waals surface area contributed by atoms with Gasteiger partial charge in [0.25, 0.3) is 0 Å². The minimum Gasteiger partial charge on any atom is -0.335 e. The zero-order valence-electron chi connectivity index (χ0n) is 9.24. The highest BCUT2D eigenvalue weighted by atomic mass is 15.3. The van der Waals surface area contributed by atoms with E-state index < -0.39 is 5.79 Å². The van der Waals surface area contributed by atoms with Crippen molar-refractivity contribution in [3.63, 3.8) is 0 Å². The smallest absolute Gasteiger partial charge is 0.201 e. The lowest BCUT2D eigenvalue weighted by Crippen LogP contribution is -2.43. The predicted molar refractivity (Wildman–Crippen MR) is 60.2 cm³/mol. The molecule has 6 nitrogen and oxygen atoms in total. The summed E-state index contributed by atoms with van der Waals surface area (Å²) in [6.45, 7) is 2.13. The molecule has 1 aliphatic heterocycles. The standard InChI is InChI=1S/C10H16N6/c1-8(16-5-4-13-7-16)2-3-9-6-10(11,12)15-14-9/h4-8H,2-3,11-12H2,1H3. The summed E-state index contributed by atoms with van der Waals surface area (Å²) in [5.41, 5.74) is 12.0. The van der Waals surface area contributed by atoms with Crippen molar-refractivity contribution in [1.29, 1.82) is 0 Å². The van der Waals surface area contributed by atoms with Gasteiger partial charge in [0, 0.05) is 18.4 Å². The van der Waals surface area contributed by atoms with Crippen LogP contribution < -0.4 is 11.5 Å². The predicted octanol–water partition coefficient (Wildman–Crippen LogP) is 1.15. The van der Waals surface area contributed by atoms with E-state index in [4.69, 9.17) is 11.5 Å². The minimum atomic E-state index is -1.10. The van der Waals surface area contributed by atoms with Gasteiger partial charge in [0.2, 0.25) is 5.79 Å². The Balaban J connectivity index is 1.87. The molecule has 0 saturated heterocycles. The highest BCUT2D eigenvalue weighted by Gasteiger charge is 2.21. The summed E-state index contributed by atoms with van der Waals surface area (Å²) < 4.78 is 2.06. The molecule has 0 amide bonds. The van der Waals surface area contributed by atoms with E-state index in [2.05, 4.69) is 26.7 Å². The Bertz CT molecular complexity index is 403. The Kier molecular flexibility index (Phi) is 2.84. The Hall–Kier alpha value is -1.53. The fourth-order valence-corrected chi connectivity index (χ4v) is 1.63.